The van der Waals surface area contributed by atoms with E-state index in [0.717, 1.165) is 0 Å². The topological polar surface area (TPSA) is 196 Å². The lowest BCUT2D eigenvalue weighted by molar-refractivity contribution is -0.248. The van der Waals surface area contributed by atoms with Crippen LogP contribution in [0.1, 0.15) is 0 Å². The normalized spacial score (nSPS) is 38.2. The van der Waals surface area contributed by atoms with Crippen molar-refractivity contribution in [2.45, 2.75) is 30.6 Å². The van der Waals surface area contributed by atoms with Gasteiger partial charge in [0.1, 0.15) is 18.3 Å². The second-order valence-corrected chi connectivity index (χ2v) is 4.03. The first-order valence-electron chi connectivity index (χ1n) is 4.30. The highest BCUT2D eigenvalue weighted by Crippen LogP contribution is 2.17. The van der Waals surface area contributed by atoms with Gasteiger partial charge < -0.3 is 40.0 Å². The summed E-state index contributed by atoms with van der Waals surface area (Å²) in [6.45, 7) is -0.470. The van der Waals surface area contributed by atoms with E-state index in [-0.39, 0.29) is 0 Å². The van der Waals surface area contributed by atoms with E-state index in [1.807, 2.05) is 0 Å². The van der Waals surface area contributed by atoms with Crippen LogP contribution in [0.2, 0.25) is 0 Å². The molecule has 6 N–H and O–H groups in total. The van der Waals surface area contributed by atoms with Crippen molar-refractivity contribution in [3.05, 3.63) is 0 Å². The van der Waals surface area contributed by atoms with Crippen LogP contribution < -0.4 is 5.73 Å². The van der Waals surface area contributed by atoms with Crippen LogP contribution in [0.15, 0.2) is 0 Å². The molecule has 1 aliphatic heterocycles. The molecule has 0 aromatic carbocycles. The van der Waals surface area contributed by atoms with E-state index in [1.54, 1.807) is 0 Å². The van der Waals surface area contributed by atoms with Gasteiger partial charge in [-0.15, -0.1) is 0 Å². The average molecular weight is 275 g/mol. The first-order chi connectivity index (χ1) is 7.57. The largest absolute Gasteiger partial charge is 0.759 e. The van der Waals surface area contributed by atoms with E-state index in [4.69, 9.17) is 38.2 Å². The summed E-state index contributed by atoms with van der Waals surface area (Å²) in [5, 5.41) is 36.1. The molecule has 1 aliphatic rings. The van der Waals surface area contributed by atoms with Gasteiger partial charge in [-0.25, -0.2) is 0 Å². The summed E-state index contributed by atoms with van der Waals surface area (Å²) in [4.78, 5) is 0. The molecule has 17 heavy (non-hydrogen) atoms. The van der Waals surface area contributed by atoms with E-state index in [9.17, 15) is 10.2 Å². The standard InChI is InChI=1S/C6H13NO5.H2O4S/c7-3-5(10)4(9)2(1-8)12-6(3)11;1-5(2,3)4/h2-6,8-11H,1,7H2;(H2,1,2,3,4)/p-2/t2-,3+,4-,5-,6?;/m1./s1. The molecular formula is C6H13NO9S-2. The van der Waals surface area contributed by atoms with Gasteiger partial charge in [-0.2, -0.15) is 0 Å². The molecule has 0 aromatic rings. The fourth-order valence-corrected chi connectivity index (χ4v) is 1.12. The van der Waals surface area contributed by atoms with Crippen LogP contribution in [0.4, 0.5) is 0 Å². The van der Waals surface area contributed by atoms with E-state index < -0.39 is 47.6 Å². The lowest BCUT2D eigenvalue weighted by Crippen LogP contribution is -2.61. The van der Waals surface area contributed by atoms with Crippen LogP contribution in [0.3, 0.4) is 0 Å². The fourth-order valence-electron chi connectivity index (χ4n) is 1.12. The van der Waals surface area contributed by atoms with Crippen molar-refractivity contribution in [1.82, 2.24) is 0 Å². The Kier molecular flexibility index (Phi) is 6.39. The SMILES string of the molecule is N[C@@H]1C(O)O[C@H](CO)[C@@H](O)[C@@H]1O.O=S(=O)([O-])[O-]. The smallest absolute Gasteiger partial charge is 0.173 e. The van der Waals surface area contributed by atoms with Gasteiger partial charge >= 0.3 is 0 Å². The van der Waals surface area contributed by atoms with Crippen LogP contribution in [-0.2, 0) is 15.1 Å². The predicted octanol–water partition coefficient (Wildman–Crippen LogP) is -4.59. The van der Waals surface area contributed by atoms with Gasteiger partial charge in [0.15, 0.2) is 6.29 Å². The van der Waals surface area contributed by atoms with Crippen molar-refractivity contribution in [3.63, 3.8) is 0 Å². The van der Waals surface area contributed by atoms with Crippen molar-refractivity contribution in [3.8, 4) is 0 Å². The van der Waals surface area contributed by atoms with Crippen LogP contribution in [0, 0.1) is 0 Å². The predicted molar refractivity (Wildman–Crippen MR) is 48.4 cm³/mol. The summed E-state index contributed by atoms with van der Waals surface area (Å²) in [7, 11) is -5.17. The molecule has 0 bridgehead atoms. The minimum absolute atomic E-state index is 0.470. The molecule has 1 heterocycles. The van der Waals surface area contributed by atoms with Gasteiger partial charge in [-0.1, -0.05) is 0 Å². The molecule has 5 atom stereocenters. The highest BCUT2D eigenvalue weighted by atomic mass is 32.3. The summed E-state index contributed by atoms with van der Waals surface area (Å²) in [5.74, 6) is 0. The Labute approximate surface area is 96.8 Å². The van der Waals surface area contributed by atoms with Gasteiger partial charge in [-0.3, -0.25) is 8.42 Å². The van der Waals surface area contributed by atoms with E-state index in [0.29, 0.717) is 0 Å². The van der Waals surface area contributed by atoms with Gasteiger partial charge in [0.25, 0.3) is 0 Å². The minimum atomic E-state index is -5.17. The van der Waals surface area contributed by atoms with Crippen LogP contribution >= 0.6 is 0 Å². The molecule has 1 unspecified atom stereocenters. The second-order valence-electron chi connectivity index (χ2n) is 3.21. The number of aliphatic hydroxyl groups is 4. The molecule has 0 spiro atoms. The molecule has 1 fully saturated rings. The van der Waals surface area contributed by atoms with Gasteiger partial charge in [-0.05, 0) is 0 Å². The summed E-state index contributed by atoms with van der Waals surface area (Å²) < 4.78 is 38.8. The molecule has 0 saturated carbocycles. The molecule has 104 valence electrons. The highest BCUT2D eigenvalue weighted by molar-refractivity contribution is 7.79. The highest BCUT2D eigenvalue weighted by Gasteiger charge is 2.41. The van der Waals surface area contributed by atoms with Crippen LogP contribution in [-0.4, -0.2) is 75.2 Å². The number of hydrogen-bond donors (Lipinski definition) is 5. The molecule has 0 amide bonds. The third-order valence-electron chi connectivity index (χ3n) is 1.95. The van der Waals surface area contributed by atoms with E-state index >= 15 is 0 Å². The Bertz CT molecular complexity index is 307. The van der Waals surface area contributed by atoms with Crippen molar-refractivity contribution < 1.29 is 42.7 Å². The molecule has 0 radical (unpaired) electrons. The van der Waals surface area contributed by atoms with Crippen molar-refractivity contribution >= 4 is 10.4 Å². The quantitative estimate of drug-likeness (QED) is 0.229. The Morgan fingerprint density at radius 2 is 1.59 bits per heavy atom. The number of aliphatic hydroxyl groups excluding tert-OH is 4. The maximum absolute atomic E-state index is 9.20. The molecule has 1 rings (SSSR count). The second kappa shape index (κ2) is 6.53. The number of hydrogen-bond acceptors (Lipinski definition) is 10. The van der Waals surface area contributed by atoms with Crippen molar-refractivity contribution in [2.24, 2.45) is 5.73 Å². The summed E-state index contributed by atoms with van der Waals surface area (Å²) in [6, 6.07) is -1.04. The zero-order chi connectivity index (χ0) is 13.8. The zero-order valence-electron chi connectivity index (χ0n) is 8.41. The first kappa shape index (κ1) is 16.6. The summed E-state index contributed by atoms with van der Waals surface area (Å²) >= 11 is 0. The van der Waals surface area contributed by atoms with Crippen molar-refractivity contribution in [1.29, 1.82) is 0 Å². The summed E-state index contributed by atoms with van der Waals surface area (Å²) in [6.07, 6.45) is -4.85. The van der Waals surface area contributed by atoms with E-state index in [1.165, 1.54) is 0 Å². The fraction of sp³-hybridized carbons (Fsp3) is 1.00. The van der Waals surface area contributed by atoms with Crippen LogP contribution in [0.25, 0.3) is 0 Å². The van der Waals surface area contributed by atoms with Gasteiger partial charge in [0, 0.05) is 10.4 Å². The molecular weight excluding hydrogens is 262 g/mol. The first-order valence-corrected chi connectivity index (χ1v) is 5.64. The number of nitrogens with two attached hydrogens (primary N) is 1. The Morgan fingerprint density at radius 3 is 1.94 bits per heavy atom. The summed E-state index contributed by atoms with van der Waals surface area (Å²) in [5.41, 5.74) is 5.26. The Hall–Kier alpha value is -0.370. The molecule has 0 aromatic heterocycles. The third kappa shape index (κ3) is 6.21. The number of ether oxygens (including phenoxy) is 1. The average Bonchev–Trinajstić information content (AvgIpc) is 2.18. The van der Waals surface area contributed by atoms with Crippen LogP contribution in [0.5, 0.6) is 0 Å². The molecule has 11 heteroatoms. The lowest BCUT2D eigenvalue weighted by atomic mass is 9.98. The molecule has 1 saturated heterocycles. The maximum Gasteiger partial charge on any atom is 0.173 e. The lowest BCUT2D eigenvalue weighted by Gasteiger charge is -2.38. The maximum atomic E-state index is 9.20. The Balaban J connectivity index is 0.000000437. The minimum Gasteiger partial charge on any atom is -0.759 e. The number of rotatable bonds is 1. The van der Waals surface area contributed by atoms with Gasteiger partial charge in [0.2, 0.25) is 0 Å². The van der Waals surface area contributed by atoms with Crippen molar-refractivity contribution in [2.75, 3.05) is 6.61 Å². The van der Waals surface area contributed by atoms with Gasteiger partial charge in [0.05, 0.1) is 12.6 Å². The molecule has 10 nitrogen and oxygen atoms in total. The molecule has 0 aliphatic carbocycles. The monoisotopic (exact) mass is 275 g/mol. The zero-order valence-corrected chi connectivity index (χ0v) is 9.23. The third-order valence-corrected chi connectivity index (χ3v) is 1.95. The Morgan fingerprint density at radius 1 is 1.18 bits per heavy atom. The van der Waals surface area contributed by atoms with E-state index in [2.05, 4.69) is 0 Å².